The highest BCUT2D eigenvalue weighted by Gasteiger charge is 2.21. The van der Waals surface area contributed by atoms with E-state index in [9.17, 15) is 0 Å². The number of piperidine rings is 1. The van der Waals surface area contributed by atoms with Gasteiger partial charge in [-0.25, -0.2) is 0 Å². The minimum atomic E-state index is 0. The molecule has 2 fully saturated rings. The van der Waals surface area contributed by atoms with Crippen LogP contribution in [-0.4, -0.2) is 62.3 Å². The number of nitrogens with zero attached hydrogens (tertiary/aromatic N) is 4. The fourth-order valence-electron chi connectivity index (χ4n) is 3.69. The lowest BCUT2D eigenvalue weighted by molar-refractivity contribution is 0.0369. The third kappa shape index (κ3) is 6.38. The van der Waals surface area contributed by atoms with Crippen LogP contribution in [0.5, 0.6) is 0 Å². The van der Waals surface area contributed by atoms with E-state index in [1.165, 1.54) is 0 Å². The van der Waals surface area contributed by atoms with Crippen molar-refractivity contribution >= 4 is 12.4 Å². The molecule has 2 saturated heterocycles. The Balaban J connectivity index is 0.00000300. The van der Waals surface area contributed by atoms with E-state index >= 15 is 0 Å². The van der Waals surface area contributed by atoms with Crippen LogP contribution in [0.4, 0.5) is 0 Å². The topological polar surface area (TPSA) is 100 Å². The summed E-state index contributed by atoms with van der Waals surface area (Å²) in [5, 5.41) is 24.6. The molecule has 29 heavy (non-hydrogen) atoms. The second-order valence-corrected chi connectivity index (χ2v) is 7.12. The van der Waals surface area contributed by atoms with Crippen molar-refractivity contribution < 1.29 is 9.15 Å². The molecule has 0 saturated carbocycles. The first-order valence-electron chi connectivity index (χ1n) is 9.80. The lowest BCUT2D eigenvalue weighted by atomic mass is 10.1. The average Bonchev–Trinajstić information content (AvgIpc) is 3.37. The van der Waals surface area contributed by atoms with E-state index in [0.717, 1.165) is 70.2 Å². The molecule has 3 heterocycles. The van der Waals surface area contributed by atoms with Gasteiger partial charge in [-0.2, -0.15) is 10.5 Å². The number of halogens is 1. The largest absolute Gasteiger partial charge is 0.463 e. The summed E-state index contributed by atoms with van der Waals surface area (Å²) in [4.78, 5) is 4.44. The predicted octanol–water partition coefficient (Wildman–Crippen LogP) is 1.57. The molecule has 0 amide bonds. The van der Waals surface area contributed by atoms with Crippen molar-refractivity contribution in [2.24, 2.45) is 0 Å². The maximum atomic E-state index is 9.04. The highest BCUT2D eigenvalue weighted by atomic mass is 35.5. The lowest BCUT2D eigenvalue weighted by Gasteiger charge is -2.30. The van der Waals surface area contributed by atoms with E-state index in [0.29, 0.717) is 18.5 Å². The van der Waals surface area contributed by atoms with E-state index in [2.05, 4.69) is 21.6 Å². The van der Waals surface area contributed by atoms with Gasteiger partial charge in [0, 0.05) is 46.4 Å². The van der Waals surface area contributed by atoms with Gasteiger partial charge >= 0.3 is 0 Å². The van der Waals surface area contributed by atoms with Crippen molar-refractivity contribution in [3.05, 3.63) is 35.0 Å². The highest BCUT2D eigenvalue weighted by molar-refractivity contribution is 5.85. The number of nitrogens with one attached hydrogen (secondary N) is 2. The van der Waals surface area contributed by atoms with Crippen molar-refractivity contribution in [2.75, 3.05) is 46.4 Å². The summed E-state index contributed by atoms with van der Waals surface area (Å²) in [6.07, 6.45) is 2.55. The second-order valence-electron chi connectivity index (χ2n) is 7.12. The number of ether oxygens (including phenoxy) is 1. The molecule has 0 aliphatic carbocycles. The maximum Gasteiger partial charge on any atom is 0.169 e. The second kappa shape index (κ2) is 11.7. The first kappa shape index (κ1) is 23.1. The zero-order valence-electron chi connectivity index (χ0n) is 16.8. The van der Waals surface area contributed by atoms with Gasteiger partial charge in [-0.1, -0.05) is 0 Å². The number of nitriles is 2. The molecule has 2 aliphatic heterocycles. The molecule has 0 atom stereocenters. The van der Waals surface area contributed by atoms with Gasteiger partial charge in [-0.3, -0.25) is 4.90 Å². The Kier molecular flexibility index (Phi) is 9.30. The van der Waals surface area contributed by atoms with Crippen LogP contribution in [0, 0.1) is 22.7 Å². The van der Waals surface area contributed by atoms with Gasteiger partial charge in [0.05, 0.1) is 19.2 Å². The molecule has 3 rings (SSSR count). The molecule has 0 spiro atoms. The number of rotatable bonds is 8. The van der Waals surface area contributed by atoms with Crippen LogP contribution < -0.4 is 10.6 Å². The van der Waals surface area contributed by atoms with Gasteiger partial charge in [-0.05, 0) is 25.0 Å². The summed E-state index contributed by atoms with van der Waals surface area (Å²) in [7, 11) is 1.79. The van der Waals surface area contributed by atoms with Crippen molar-refractivity contribution in [3.8, 4) is 12.1 Å². The Morgan fingerprint density at radius 3 is 2.66 bits per heavy atom. The molecule has 9 heteroatoms. The monoisotopic (exact) mass is 420 g/mol. The standard InChI is InChI=1S/C20H28N6O2.ClH/c1-27-17-4-8-25(9-5-17)15-19-3-2-18(28-19)14-23-6-10-26-11-7-24-20(26)16(12-21)13-22;/h2-3,17,23-24H,4-11,14-15H2,1H3;1H. The number of allylic oxidation sites excluding steroid dienone is 1. The molecule has 1 aromatic heterocycles. The third-order valence-corrected chi connectivity index (χ3v) is 5.27. The Hall–Kier alpha value is -2.23. The van der Waals surface area contributed by atoms with Crippen LogP contribution in [0.25, 0.3) is 0 Å². The third-order valence-electron chi connectivity index (χ3n) is 5.27. The van der Waals surface area contributed by atoms with E-state index in [1.54, 1.807) is 7.11 Å². The number of hydrogen-bond acceptors (Lipinski definition) is 8. The molecular weight excluding hydrogens is 392 g/mol. The van der Waals surface area contributed by atoms with Gasteiger partial charge in [0.25, 0.3) is 0 Å². The van der Waals surface area contributed by atoms with Gasteiger partial charge in [0.1, 0.15) is 29.5 Å². The molecule has 2 N–H and O–H groups in total. The van der Waals surface area contributed by atoms with E-state index < -0.39 is 0 Å². The van der Waals surface area contributed by atoms with Crippen molar-refractivity contribution in [1.29, 1.82) is 10.5 Å². The molecule has 0 radical (unpaired) electrons. The molecule has 158 valence electrons. The van der Waals surface area contributed by atoms with Crippen LogP contribution in [0.3, 0.4) is 0 Å². The fraction of sp³-hybridized carbons (Fsp3) is 0.600. The van der Waals surface area contributed by atoms with Gasteiger partial charge < -0.3 is 24.7 Å². The van der Waals surface area contributed by atoms with E-state index in [4.69, 9.17) is 19.7 Å². The Labute approximate surface area is 178 Å². The summed E-state index contributed by atoms with van der Waals surface area (Å²) in [5.74, 6) is 2.56. The van der Waals surface area contributed by atoms with Crippen molar-refractivity contribution in [1.82, 2.24) is 20.4 Å². The van der Waals surface area contributed by atoms with Gasteiger partial charge in [0.2, 0.25) is 0 Å². The van der Waals surface area contributed by atoms with Crippen molar-refractivity contribution in [2.45, 2.75) is 32.0 Å². The average molecular weight is 421 g/mol. The maximum absolute atomic E-state index is 9.04. The quantitative estimate of drug-likeness (QED) is 0.482. The van der Waals surface area contributed by atoms with Crippen LogP contribution >= 0.6 is 12.4 Å². The first-order valence-corrected chi connectivity index (χ1v) is 9.80. The molecule has 1 aromatic rings. The molecule has 0 bridgehead atoms. The lowest BCUT2D eigenvalue weighted by Crippen LogP contribution is -2.36. The van der Waals surface area contributed by atoms with E-state index in [1.807, 2.05) is 23.1 Å². The van der Waals surface area contributed by atoms with Crippen molar-refractivity contribution in [3.63, 3.8) is 0 Å². The molecular formula is C20H29ClN6O2. The normalized spacial score (nSPS) is 17.3. The van der Waals surface area contributed by atoms with Crippen LogP contribution in [0.2, 0.25) is 0 Å². The Morgan fingerprint density at radius 1 is 1.24 bits per heavy atom. The van der Waals surface area contributed by atoms with Crippen LogP contribution in [0.15, 0.2) is 27.9 Å². The van der Waals surface area contributed by atoms with Gasteiger partial charge in [0.15, 0.2) is 5.57 Å². The summed E-state index contributed by atoms with van der Waals surface area (Å²) < 4.78 is 11.4. The minimum absolute atomic E-state index is 0. The summed E-state index contributed by atoms with van der Waals surface area (Å²) in [6.45, 7) is 6.62. The highest BCUT2D eigenvalue weighted by Crippen LogP contribution is 2.17. The number of furan rings is 1. The molecule has 0 aromatic carbocycles. The Bertz CT molecular complexity index is 742. The number of hydrogen-bond donors (Lipinski definition) is 2. The SMILES string of the molecule is COC1CCN(Cc2ccc(CNCCN3CCNC3=C(C#N)C#N)o2)CC1.Cl. The van der Waals surface area contributed by atoms with Crippen LogP contribution in [-0.2, 0) is 17.8 Å². The van der Waals surface area contributed by atoms with Crippen LogP contribution in [0.1, 0.15) is 24.4 Å². The smallest absolute Gasteiger partial charge is 0.169 e. The summed E-state index contributed by atoms with van der Waals surface area (Å²) >= 11 is 0. The summed E-state index contributed by atoms with van der Waals surface area (Å²) in [6, 6.07) is 7.98. The van der Waals surface area contributed by atoms with Gasteiger partial charge in [-0.15, -0.1) is 12.4 Å². The number of likely N-dealkylation sites (tertiary alicyclic amines) is 1. The minimum Gasteiger partial charge on any atom is -0.463 e. The molecule has 0 unspecified atom stereocenters. The fourth-order valence-corrected chi connectivity index (χ4v) is 3.69. The predicted molar refractivity (Wildman–Crippen MR) is 111 cm³/mol. The number of methoxy groups -OCH3 is 1. The van der Waals surface area contributed by atoms with E-state index in [-0.39, 0.29) is 18.0 Å². The molecule has 2 aliphatic rings. The summed E-state index contributed by atoms with van der Waals surface area (Å²) in [5.41, 5.74) is 0.141. The first-order chi connectivity index (χ1) is 13.7. The Morgan fingerprint density at radius 2 is 1.97 bits per heavy atom. The zero-order valence-corrected chi connectivity index (χ0v) is 17.6. The molecule has 8 nitrogen and oxygen atoms in total. The zero-order chi connectivity index (χ0) is 19.8.